The summed E-state index contributed by atoms with van der Waals surface area (Å²) >= 11 is 6.01. The normalized spacial score (nSPS) is 26.1. The molecule has 1 amide bonds. The molecule has 1 spiro atoms. The summed E-state index contributed by atoms with van der Waals surface area (Å²) in [6.45, 7) is 1.41. The van der Waals surface area contributed by atoms with Crippen LogP contribution in [-0.4, -0.2) is 40.7 Å². The van der Waals surface area contributed by atoms with Gasteiger partial charge in [0.2, 0.25) is 0 Å². The molecule has 0 saturated carbocycles. The van der Waals surface area contributed by atoms with Gasteiger partial charge in [-0.1, -0.05) is 29.8 Å². The number of carbonyl (C=O) groups is 1. The van der Waals surface area contributed by atoms with Crippen LogP contribution >= 0.6 is 11.6 Å². The molecule has 5 rings (SSSR count). The zero-order chi connectivity index (χ0) is 19.3. The molecule has 1 aromatic carbocycles. The van der Waals surface area contributed by atoms with Gasteiger partial charge < -0.3 is 14.5 Å². The van der Waals surface area contributed by atoms with Crippen molar-refractivity contribution in [3.05, 3.63) is 59.1 Å². The van der Waals surface area contributed by atoms with Crippen molar-refractivity contribution in [2.75, 3.05) is 18.0 Å². The van der Waals surface area contributed by atoms with Crippen LogP contribution in [0.25, 0.3) is 0 Å². The van der Waals surface area contributed by atoms with E-state index in [-0.39, 0.29) is 24.0 Å². The number of pyridine rings is 1. The third-order valence-electron chi connectivity index (χ3n) is 6.23. The summed E-state index contributed by atoms with van der Waals surface area (Å²) in [5.74, 6) is -0.248. The highest BCUT2D eigenvalue weighted by Gasteiger charge is 2.58. The number of piperidine rings is 1. The zero-order valence-electron chi connectivity index (χ0n) is 15.4. The molecular formula is C21H21ClFN3O2. The number of nitrogens with zero attached hydrogens (tertiary/aromatic N) is 3. The van der Waals surface area contributed by atoms with Crippen molar-refractivity contribution < 1.29 is 13.9 Å². The maximum atomic E-state index is 14.3. The predicted molar refractivity (Wildman–Crippen MR) is 104 cm³/mol. The van der Waals surface area contributed by atoms with E-state index in [0.717, 1.165) is 18.5 Å². The Morgan fingerprint density at radius 2 is 1.96 bits per heavy atom. The Bertz CT molecular complexity index is 916. The van der Waals surface area contributed by atoms with E-state index < -0.39 is 5.60 Å². The smallest absolute Gasteiger partial charge is 0.257 e. The number of fused-ring (bicyclic) bond motifs is 1. The number of rotatable bonds is 2. The fourth-order valence-corrected chi connectivity index (χ4v) is 4.98. The number of halogens is 2. The molecule has 1 aromatic heterocycles. The van der Waals surface area contributed by atoms with Crippen molar-refractivity contribution in [3.63, 3.8) is 0 Å². The minimum absolute atomic E-state index is 0.00987. The second-order valence-corrected chi connectivity index (χ2v) is 8.10. The average molecular weight is 402 g/mol. The maximum Gasteiger partial charge on any atom is 0.257 e. The highest BCUT2D eigenvalue weighted by atomic mass is 35.5. The van der Waals surface area contributed by atoms with Crippen LogP contribution in [0.15, 0.2) is 42.6 Å². The predicted octanol–water partition coefficient (Wildman–Crippen LogP) is 3.93. The van der Waals surface area contributed by atoms with Crippen LogP contribution in [0.5, 0.6) is 0 Å². The fourth-order valence-electron chi connectivity index (χ4n) is 4.81. The number of amides is 1. The van der Waals surface area contributed by atoms with Gasteiger partial charge in [0.25, 0.3) is 5.91 Å². The molecule has 0 bridgehead atoms. The minimum Gasteiger partial charge on any atom is -0.371 e. The molecule has 0 aliphatic carbocycles. The number of aromatic nitrogens is 1. The van der Waals surface area contributed by atoms with Gasteiger partial charge in [0.05, 0.1) is 6.04 Å². The second kappa shape index (κ2) is 6.71. The van der Waals surface area contributed by atoms with Gasteiger partial charge >= 0.3 is 0 Å². The average Bonchev–Trinajstić information content (AvgIpc) is 3.21. The fraction of sp³-hybridized carbons (Fsp3) is 0.429. The lowest BCUT2D eigenvalue weighted by Gasteiger charge is -2.38. The van der Waals surface area contributed by atoms with E-state index in [0.29, 0.717) is 36.6 Å². The minimum atomic E-state index is -0.790. The zero-order valence-corrected chi connectivity index (χ0v) is 16.1. The monoisotopic (exact) mass is 401 g/mol. The van der Waals surface area contributed by atoms with Gasteiger partial charge in [-0.2, -0.15) is 0 Å². The molecule has 2 atom stereocenters. The van der Waals surface area contributed by atoms with E-state index in [1.54, 1.807) is 23.2 Å². The highest BCUT2D eigenvalue weighted by Crippen LogP contribution is 2.48. The first kappa shape index (κ1) is 17.9. The molecule has 146 valence electrons. The summed E-state index contributed by atoms with van der Waals surface area (Å²) in [5, 5.41) is 0.458. The van der Waals surface area contributed by atoms with Crippen LogP contribution in [0.2, 0.25) is 5.15 Å². The third kappa shape index (κ3) is 2.78. The molecule has 5 nitrogen and oxygen atoms in total. The van der Waals surface area contributed by atoms with Gasteiger partial charge in [0, 0.05) is 43.4 Å². The Labute approximate surface area is 168 Å². The molecule has 3 fully saturated rings. The van der Waals surface area contributed by atoms with Gasteiger partial charge in [0.15, 0.2) is 5.60 Å². The van der Waals surface area contributed by atoms with Crippen LogP contribution in [-0.2, 0) is 9.53 Å². The van der Waals surface area contributed by atoms with Crippen molar-refractivity contribution in [2.45, 2.75) is 43.6 Å². The summed E-state index contributed by atoms with van der Waals surface area (Å²) in [7, 11) is 0. The standard InChI is InChI=1S/C21H21ClFN3O2/c22-18-13-14(7-10-24-18)25-11-8-21(9-12-25)20(27)26-17(5-6-19(26)28-21)15-3-1-2-4-16(15)23/h1-4,7,10,13,17,19H,5-6,8-9,11-12H2/t17-,19+/m0/s1. The molecule has 2 aromatic rings. The Morgan fingerprint density at radius 3 is 2.71 bits per heavy atom. The number of carbonyl (C=O) groups excluding carboxylic acids is 1. The van der Waals surface area contributed by atoms with Crippen LogP contribution in [0.3, 0.4) is 0 Å². The Hall–Kier alpha value is -2.18. The van der Waals surface area contributed by atoms with E-state index >= 15 is 0 Å². The van der Waals surface area contributed by atoms with E-state index in [4.69, 9.17) is 16.3 Å². The van der Waals surface area contributed by atoms with Crippen LogP contribution in [0, 0.1) is 5.82 Å². The summed E-state index contributed by atoms with van der Waals surface area (Å²) in [6.07, 6.45) is 4.14. The van der Waals surface area contributed by atoms with Crippen molar-refractivity contribution in [2.24, 2.45) is 0 Å². The van der Waals surface area contributed by atoms with Crippen molar-refractivity contribution in [1.82, 2.24) is 9.88 Å². The topological polar surface area (TPSA) is 45.7 Å². The van der Waals surface area contributed by atoms with Crippen LogP contribution < -0.4 is 4.90 Å². The van der Waals surface area contributed by atoms with E-state index in [2.05, 4.69) is 9.88 Å². The Kier molecular flexibility index (Phi) is 4.29. The van der Waals surface area contributed by atoms with Crippen molar-refractivity contribution in [1.29, 1.82) is 0 Å². The van der Waals surface area contributed by atoms with Crippen molar-refractivity contribution >= 4 is 23.2 Å². The first-order chi connectivity index (χ1) is 13.6. The number of ether oxygens (including phenoxy) is 1. The third-order valence-corrected chi connectivity index (χ3v) is 6.44. The number of benzene rings is 1. The first-order valence-corrected chi connectivity index (χ1v) is 10.1. The summed E-state index contributed by atoms with van der Waals surface area (Å²) in [5.41, 5.74) is 0.801. The molecule has 28 heavy (non-hydrogen) atoms. The van der Waals surface area contributed by atoms with E-state index in [1.807, 2.05) is 18.2 Å². The van der Waals surface area contributed by atoms with Crippen molar-refractivity contribution in [3.8, 4) is 0 Å². The molecule has 0 unspecified atom stereocenters. The summed E-state index contributed by atoms with van der Waals surface area (Å²) < 4.78 is 20.6. The molecule has 4 heterocycles. The quantitative estimate of drug-likeness (QED) is 0.715. The van der Waals surface area contributed by atoms with Crippen LogP contribution in [0.4, 0.5) is 10.1 Å². The Balaban J connectivity index is 1.35. The largest absolute Gasteiger partial charge is 0.371 e. The summed E-state index contributed by atoms with van der Waals surface area (Å²) in [4.78, 5) is 21.4. The molecule has 3 saturated heterocycles. The number of hydrogen-bond donors (Lipinski definition) is 0. The molecule has 3 aliphatic heterocycles. The second-order valence-electron chi connectivity index (χ2n) is 7.72. The van der Waals surface area contributed by atoms with Gasteiger partial charge in [-0.25, -0.2) is 9.37 Å². The lowest BCUT2D eigenvalue weighted by molar-refractivity contribution is -0.140. The lowest BCUT2D eigenvalue weighted by atomic mass is 9.89. The molecule has 0 N–H and O–H groups in total. The maximum absolute atomic E-state index is 14.3. The first-order valence-electron chi connectivity index (χ1n) is 9.69. The number of hydrogen-bond acceptors (Lipinski definition) is 4. The summed E-state index contributed by atoms with van der Waals surface area (Å²) in [6, 6.07) is 10.2. The SMILES string of the molecule is O=C1N2[C@@H](CC[C@H]2c2ccccc2F)OC12CCN(c1ccnc(Cl)c1)CC2. The molecule has 3 aliphatic rings. The van der Waals surface area contributed by atoms with E-state index in [1.165, 1.54) is 6.07 Å². The molecule has 7 heteroatoms. The van der Waals surface area contributed by atoms with Crippen LogP contribution in [0.1, 0.15) is 37.3 Å². The van der Waals surface area contributed by atoms with Gasteiger partial charge in [-0.05, 0) is 31.0 Å². The molecular weight excluding hydrogens is 381 g/mol. The lowest BCUT2D eigenvalue weighted by Crippen LogP contribution is -2.50. The molecule has 0 radical (unpaired) electrons. The van der Waals surface area contributed by atoms with Gasteiger partial charge in [-0.15, -0.1) is 0 Å². The highest BCUT2D eigenvalue weighted by molar-refractivity contribution is 6.29. The van der Waals surface area contributed by atoms with E-state index in [9.17, 15) is 9.18 Å². The van der Waals surface area contributed by atoms with Gasteiger partial charge in [0.1, 0.15) is 17.2 Å². The van der Waals surface area contributed by atoms with Gasteiger partial charge in [-0.3, -0.25) is 4.79 Å². The number of anilines is 1. The Morgan fingerprint density at radius 1 is 1.18 bits per heavy atom.